The van der Waals surface area contributed by atoms with Crippen LogP contribution in [0.15, 0.2) is 36.4 Å². The van der Waals surface area contributed by atoms with E-state index in [0.29, 0.717) is 34.9 Å². The third kappa shape index (κ3) is 3.42. The molecule has 0 unspecified atom stereocenters. The lowest BCUT2D eigenvalue weighted by Crippen LogP contribution is -2.14. The number of carbonyl (C=O) groups is 2. The molecule has 0 amide bonds. The Bertz CT molecular complexity index is 882. The Hall–Kier alpha value is -2.64. The van der Waals surface area contributed by atoms with Crippen LogP contribution in [0, 0.1) is 11.3 Å². The van der Waals surface area contributed by atoms with Crippen molar-refractivity contribution in [3.63, 3.8) is 0 Å². The van der Waals surface area contributed by atoms with Gasteiger partial charge in [-0.2, -0.15) is 5.26 Å². The van der Waals surface area contributed by atoms with E-state index in [2.05, 4.69) is 0 Å². The summed E-state index contributed by atoms with van der Waals surface area (Å²) in [6, 6.07) is 12.3. The predicted octanol–water partition coefficient (Wildman–Crippen LogP) is 4.58. The summed E-state index contributed by atoms with van der Waals surface area (Å²) >= 11 is 6.02. The number of Topliss-reactive ketones (excluding diaryl/α,β-unsaturated/α-hetero) is 2. The van der Waals surface area contributed by atoms with E-state index in [1.54, 1.807) is 30.3 Å². The molecule has 5 heteroatoms. The Morgan fingerprint density at radius 2 is 1.76 bits per heavy atom. The van der Waals surface area contributed by atoms with Gasteiger partial charge in [-0.1, -0.05) is 24.6 Å². The maximum absolute atomic E-state index is 12.1. The number of hydrogen-bond donors (Lipinski definition) is 0. The molecule has 0 aliphatic heterocycles. The maximum atomic E-state index is 12.1. The van der Waals surface area contributed by atoms with Crippen LogP contribution in [0.25, 0.3) is 0 Å². The van der Waals surface area contributed by atoms with Crippen LogP contribution in [-0.4, -0.2) is 11.6 Å². The Labute approximate surface area is 151 Å². The molecule has 0 radical (unpaired) electrons. The molecular formula is C20H16ClNO3. The molecule has 0 atom stereocenters. The number of nitrogens with zero attached hydrogens (tertiary/aromatic N) is 1. The number of carbonyl (C=O) groups excluding carboxylic acids is 2. The summed E-state index contributed by atoms with van der Waals surface area (Å²) < 4.78 is 5.81. The van der Waals surface area contributed by atoms with E-state index in [-0.39, 0.29) is 11.6 Å². The second-order valence-electron chi connectivity index (χ2n) is 5.94. The van der Waals surface area contributed by atoms with Gasteiger partial charge in [0, 0.05) is 18.9 Å². The van der Waals surface area contributed by atoms with Gasteiger partial charge in [0.15, 0.2) is 0 Å². The number of aryl methyl sites for hydroxylation is 1. The van der Waals surface area contributed by atoms with Gasteiger partial charge in [-0.3, -0.25) is 9.59 Å². The van der Waals surface area contributed by atoms with Crippen molar-refractivity contribution >= 4 is 23.2 Å². The van der Waals surface area contributed by atoms with E-state index in [0.717, 1.165) is 17.5 Å². The van der Waals surface area contributed by atoms with Crippen molar-refractivity contribution in [3.8, 4) is 17.6 Å². The minimum Gasteiger partial charge on any atom is -0.457 e. The Kier molecular flexibility index (Phi) is 4.87. The topological polar surface area (TPSA) is 67.2 Å². The van der Waals surface area contributed by atoms with Crippen LogP contribution in [0.1, 0.15) is 42.4 Å². The van der Waals surface area contributed by atoms with Gasteiger partial charge in [-0.25, -0.2) is 0 Å². The lowest BCUT2D eigenvalue weighted by molar-refractivity contribution is -0.123. The van der Waals surface area contributed by atoms with Crippen LogP contribution < -0.4 is 4.74 Å². The molecule has 1 aliphatic carbocycles. The van der Waals surface area contributed by atoms with Crippen molar-refractivity contribution in [2.24, 2.45) is 0 Å². The molecule has 2 aromatic carbocycles. The molecule has 126 valence electrons. The summed E-state index contributed by atoms with van der Waals surface area (Å²) in [5.41, 5.74) is 2.07. The van der Waals surface area contributed by atoms with Crippen molar-refractivity contribution in [1.29, 1.82) is 5.26 Å². The Morgan fingerprint density at radius 3 is 2.36 bits per heavy atom. The van der Waals surface area contributed by atoms with Crippen molar-refractivity contribution < 1.29 is 14.3 Å². The number of benzene rings is 2. The Balaban J connectivity index is 1.94. The standard InChI is InChI=1S/C20H16ClNO3/c1-2-12-3-5-14(9-16(12)20-18(23)7-8-19(20)24)25-15-6-4-13(11-22)17(21)10-15/h3-6,9-10,20H,2,7-8H2,1H3. The van der Waals surface area contributed by atoms with Crippen LogP contribution in [0.4, 0.5) is 0 Å². The highest BCUT2D eigenvalue weighted by molar-refractivity contribution is 6.31. The first-order valence-corrected chi connectivity index (χ1v) is 8.47. The number of halogens is 1. The molecule has 0 heterocycles. The van der Waals surface area contributed by atoms with Gasteiger partial charge in [0.1, 0.15) is 35.1 Å². The fourth-order valence-electron chi connectivity index (χ4n) is 3.07. The molecular weight excluding hydrogens is 338 g/mol. The summed E-state index contributed by atoms with van der Waals surface area (Å²) in [4.78, 5) is 24.3. The molecule has 4 nitrogen and oxygen atoms in total. The largest absolute Gasteiger partial charge is 0.457 e. The van der Waals surface area contributed by atoms with Gasteiger partial charge in [0.05, 0.1) is 10.6 Å². The average molecular weight is 354 g/mol. The van der Waals surface area contributed by atoms with Crippen LogP contribution in [0.5, 0.6) is 11.5 Å². The molecule has 0 N–H and O–H groups in total. The summed E-state index contributed by atoms with van der Waals surface area (Å²) in [6.07, 6.45) is 1.35. The summed E-state index contributed by atoms with van der Waals surface area (Å²) in [5.74, 6) is 0.281. The fourth-order valence-corrected chi connectivity index (χ4v) is 3.29. The lowest BCUT2D eigenvalue weighted by atomic mass is 9.90. The van der Waals surface area contributed by atoms with E-state index in [1.165, 1.54) is 0 Å². The highest BCUT2D eigenvalue weighted by Gasteiger charge is 2.35. The summed E-state index contributed by atoms with van der Waals surface area (Å²) in [7, 11) is 0. The van der Waals surface area contributed by atoms with E-state index in [1.807, 2.05) is 19.1 Å². The zero-order valence-corrected chi connectivity index (χ0v) is 14.5. The smallest absolute Gasteiger partial charge is 0.148 e. The molecule has 2 aromatic rings. The zero-order valence-electron chi connectivity index (χ0n) is 13.7. The number of rotatable bonds is 4. The monoisotopic (exact) mass is 353 g/mol. The van der Waals surface area contributed by atoms with E-state index in [4.69, 9.17) is 21.6 Å². The molecule has 0 saturated heterocycles. The van der Waals surface area contributed by atoms with Gasteiger partial charge in [-0.15, -0.1) is 0 Å². The maximum Gasteiger partial charge on any atom is 0.148 e. The molecule has 25 heavy (non-hydrogen) atoms. The molecule has 3 rings (SSSR count). The first kappa shape index (κ1) is 17.2. The summed E-state index contributed by atoms with van der Waals surface area (Å²) in [6.45, 7) is 1.99. The van der Waals surface area contributed by atoms with Gasteiger partial charge in [0.25, 0.3) is 0 Å². The van der Waals surface area contributed by atoms with E-state index >= 15 is 0 Å². The molecule has 1 fully saturated rings. The molecule has 0 spiro atoms. The lowest BCUT2D eigenvalue weighted by Gasteiger charge is -2.15. The molecule has 1 saturated carbocycles. The molecule has 0 aromatic heterocycles. The second kappa shape index (κ2) is 7.08. The third-order valence-electron chi connectivity index (χ3n) is 4.37. The average Bonchev–Trinajstić information content (AvgIpc) is 2.93. The van der Waals surface area contributed by atoms with Crippen molar-refractivity contribution in [2.75, 3.05) is 0 Å². The number of nitriles is 1. The van der Waals surface area contributed by atoms with Gasteiger partial charge < -0.3 is 4.74 Å². The normalized spacial score (nSPS) is 14.6. The third-order valence-corrected chi connectivity index (χ3v) is 4.68. The minimum atomic E-state index is -0.678. The molecule has 0 bridgehead atoms. The highest BCUT2D eigenvalue weighted by Crippen LogP contribution is 2.35. The summed E-state index contributed by atoms with van der Waals surface area (Å²) in [5, 5.41) is 9.24. The predicted molar refractivity (Wildman–Crippen MR) is 94.1 cm³/mol. The van der Waals surface area contributed by atoms with Gasteiger partial charge in [-0.05, 0) is 41.8 Å². The van der Waals surface area contributed by atoms with E-state index < -0.39 is 5.92 Å². The first-order chi connectivity index (χ1) is 12.0. The van der Waals surface area contributed by atoms with Crippen molar-refractivity contribution in [1.82, 2.24) is 0 Å². The zero-order chi connectivity index (χ0) is 18.0. The van der Waals surface area contributed by atoms with Crippen molar-refractivity contribution in [2.45, 2.75) is 32.1 Å². The van der Waals surface area contributed by atoms with E-state index in [9.17, 15) is 9.59 Å². The quantitative estimate of drug-likeness (QED) is 0.754. The van der Waals surface area contributed by atoms with Crippen LogP contribution in [0.3, 0.4) is 0 Å². The van der Waals surface area contributed by atoms with Crippen LogP contribution >= 0.6 is 11.6 Å². The van der Waals surface area contributed by atoms with Crippen molar-refractivity contribution in [3.05, 3.63) is 58.1 Å². The highest BCUT2D eigenvalue weighted by atomic mass is 35.5. The second-order valence-corrected chi connectivity index (χ2v) is 6.34. The number of hydrogen-bond acceptors (Lipinski definition) is 4. The fraction of sp³-hybridized carbons (Fsp3) is 0.250. The van der Waals surface area contributed by atoms with Crippen LogP contribution in [-0.2, 0) is 16.0 Å². The molecule has 1 aliphatic rings. The SMILES string of the molecule is CCc1ccc(Oc2ccc(C#N)c(Cl)c2)cc1C1C(=O)CCC1=O. The number of ether oxygens (including phenoxy) is 1. The minimum absolute atomic E-state index is 0.0294. The van der Waals surface area contributed by atoms with Gasteiger partial charge in [0.2, 0.25) is 0 Å². The first-order valence-electron chi connectivity index (χ1n) is 8.09. The Morgan fingerprint density at radius 1 is 1.12 bits per heavy atom. The van der Waals surface area contributed by atoms with Crippen LogP contribution in [0.2, 0.25) is 5.02 Å². The van der Waals surface area contributed by atoms with Gasteiger partial charge >= 0.3 is 0 Å². The number of ketones is 2.